The highest BCUT2D eigenvalue weighted by Gasteiger charge is 2.29. The number of carbonyl (C=O) groups is 1. The third-order valence-corrected chi connectivity index (χ3v) is 7.95. The van der Waals surface area contributed by atoms with Crippen LogP contribution in [-0.2, 0) is 39.6 Å². The third kappa shape index (κ3) is 4.89. The lowest BCUT2D eigenvalue weighted by Crippen LogP contribution is -2.14. The summed E-state index contributed by atoms with van der Waals surface area (Å²) in [5.74, 6) is -0.0494. The van der Waals surface area contributed by atoms with Gasteiger partial charge in [0.05, 0.1) is 18.0 Å². The fourth-order valence-electron chi connectivity index (χ4n) is 3.85. The number of nitrogens with zero attached hydrogens (tertiary/aromatic N) is 1. The van der Waals surface area contributed by atoms with Crippen molar-refractivity contribution in [2.45, 2.75) is 68.8 Å². The molecule has 0 radical (unpaired) electrons. The van der Waals surface area contributed by atoms with E-state index in [0.29, 0.717) is 5.01 Å². The van der Waals surface area contributed by atoms with Gasteiger partial charge in [0.15, 0.2) is 0 Å². The number of hydrogen-bond donors (Lipinski definition) is 5. The van der Waals surface area contributed by atoms with Crippen molar-refractivity contribution in [1.29, 1.82) is 4.78 Å². The Morgan fingerprint density at radius 3 is 2.60 bits per heavy atom. The number of fused-ring (bicyclic) bond motifs is 2. The largest absolute Gasteiger partial charge is 0.388 e. The van der Waals surface area contributed by atoms with Crippen LogP contribution in [0.5, 0.6) is 0 Å². The van der Waals surface area contributed by atoms with Gasteiger partial charge in [-0.25, -0.2) is 19.1 Å². The van der Waals surface area contributed by atoms with Gasteiger partial charge >= 0.3 is 0 Å². The van der Waals surface area contributed by atoms with Crippen molar-refractivity contribution in [2.24, 2.45) is 5.14 Å². The molecule has 2 aromatic rings. The third-order valence-electron chi connectivity index (χ3n) is 5.15. The van der Waals surface area contributed by atoms with Gasteiger partial charge in [0, 0.05) is 12.5 Å². The van der Waals surface area contributed by atoms with Gasteiger partial charge in [0.1, 0.15) is 24.7 Å². The number of carbonyl (C=O) groups excluding carboxylic acids is 1. The zero-order valence-electron chi connectivity index (χ0n) is 17.3. The number of aliphatic hydroxyl groups excluding tert-OH is 1. The minimum atomic E-state index is -3.20. The summed E-state index contributed by atoms with van der Waals surface area (Å²) in [5.41, 5.74) is 4.64. The second-order valence-corrected chi connectivity index (χ2v) is 11.1. The van der Waals surface area contributed by atoms with Crippen LogP contribution in [0, 0.1) is 4.78 Å². The van der Waals surface area contributed by atoms with E-state index in [9.17, 15) is 19.2 Å². The average Bonchev–Trinajstić information content (AvgIpc) is 3.33. The molecule has 30 heavy (non-hydrogen) atoms. The maximum atomic E-state index is 11.3. The Labute approximate surface area is 180 Å². The highest BCUT2D eigenvalue weighted by Crippen LogP contribution is 2.42. The predicted molar refractivity (Wildman–Crippen MR) is 117 cm³/mol. The highest BCUT2D eigenvalue weighted by atomic mass is 32.2. The van der Waals surface area contributed by atoms with Crippen LogP contribution in [0.4, 0.5) is 5.69 Å². The van der Waals surface area contributed by atoms with Gasteiger partial charge in [-0.3, -0.25) is 4.79 Å². The zero-order chi connectivity index (χ0) is 22.3. The van der Waals surface area contributed by atoms with E-state index < -0.39 is 21.6 Å². The maximum Gasteiger partial charge on any atom is 0.221 e. The summed E-state index contributed by atoms with van der Waals surface area (Å²) >= 11 is 0.998. The number of aryl methyl sites for hydroxylation is 2. The minimum Gasteiger partial charge on any atom is -0.388 e. The number of rotatable bonds is 3. The lowest BCUT2D eigenvalue weighted by Gasteiger charge is -2.17. The Bertz CT molecular complexity index is 1070. The first-order chi connectivity index (χ1) is 13.9. The van der Waals surface area contributed by atoms with Gasteiger partial charge in [-0.1, -0.05) is 6.07 Å². The van der Waals surface area contributed by atoms with Crippen LogP contribution < -0.4 is 10.5 Å². The molecule has 2 unspecified atom stereocenters. The highest BCUT2D eigenvalue weighted by molar-refractivity contribution is 7.92. The Morgan fingerprint density at radius 1 is 1.37 bits per heavy atom. The van der Waals surface area contributed by atoms with Gasteiger partial charge in [-0.15, -0.1) is 11.3 Å². The number of aliphatic hydroxyl groups is 2. The van der Waals surface area contributed by atoms with E-state index in [1.807, 2.05) is 0 Å². The van der Waals surface area contributed by atoms with Gasteiger partial charge in [0.2, 0.25) is 5.91 Å². The van der Waals surface area contributed by atoms with Crippen molar-refractivity contribution in [2.75, 3.05) is 5.32 Å². The van der Waals surface area contributed by atoms with Crippen LogP contribution in [-0.4, -0.2) is 25.3 Å². The molecule has 0 saturated heterocycles. The monoisotopic (exact) mass is 452 g/mol. The molecule has 0 bridgehead atoms. The summed E-state index contributed by atoms with van der Waals surface area (Å²) in [6, 6.07) is 2.24. The Hall–Kier alpha value is -1.85. The quantitative estimate of drug-likeness (QED) is 0.485. The summed E-state index contributed by atoms with van der Waals surface area (Å²) in [6.07, 6.45) is 5.85. The molecule has 10 heteroatoms. The zero-order valence-corrected chi connectivity index (χ0v) is 19.0. The molecule has 0 fully saturated rings. The van der Waals surface area contributed by atoms with Crippen molar-refractivity contribution < 1.29 is 19.2 Å². The molecule has 2 atom stereocenters. The molecule has 4 rings (SSSR count). The first-order valence-corrected chi connectivity index (χ1v) is 12.2. The SMILES string of the molecule is CC(=O)Nc1c2c(cc3c1C(O)CC3)CCC2.CC(C)(O)c1ncc(S(=N)(N)=O)s1. The summed E-state index contributed by atoms with van der Waals surface area (Å²) < 4.78 is 18.3. The fraction of sp³-hybridized carbons (Fsp3) is 0.500. The van der Waals surface area contributed by atoms with Gasteiger partial charge in [-0.2, -0.15) is 0 Å². The second kappa shape index (κ2) is 8.35. The molecule has 164 valence electrons. The number of nitrogens with two attached hydrogens (primary N) is 1. The minimum absolute atomic E-state index is 0.0494. The Kier molecular flexibility index (Phi) is 6.35. The molecule has 1 heterocycles. The topological polar surface area (TPSA) is 149 Å². The van der Waals surface area contributed by atoms with Crippen LogP contribution in [0.1, 0.15) is 67.0 Å². The number of hydrogen-bond acceptors (Lipinski definition) is 7. The fourth-order valence-corrected chi connectivity index (χ4v) is 5.44. The first kappa shape index (κ1) is 22.8. The molecule has 0 aliphatic heterocycles. The summed E-state index contributed by atoms with van der Waals surface area (Å²) in [5, 5.41) is 28.0. The molecular weight excluding hydrogens is 424 g/mol. The summed E-state index contributed by atoms with van der Waals surface area (Å²) in [7, 11) is -3.20. The van der Waals surface area contributed by atoms with Crippen LogP contribution >= 0.6 is 11.3 Å². The van der Waals surface area contributed by atoms with E-state index in [0.717, 1.165) is 54.7 Å². The van der Waals surface area contributed by atoms with Crippen molar-refractivity contribution in [1.82, 2.24) is 4.98 Å². The molecule has 8 nitrogen and oxygen atoms in total. The maximum absolute atomic E-state index is 11.3. The van der Waals surface area contributed by atoms with Crippen LogP contribution in [0.25, 0.3) is 0 Å². The summed E-state index contributed by atoms with van der Waals surface area (Å²) in [6.45, 7) is 4.66. The molecule has 0 spiro atoms. The predicted octanol–water partition coefficient (Wildman–Crippen LogP) is 2.76. The molecule has 6 N–H and O–H groups in total. The van der Waals surface area contributed by atoms with Gasteiger partial charge in [0.25, 0.3) is 0 Å². The van der Waals surface area contributed by atoms with E-state index in [1.165, 1.54) is 29.8 Å². The Balaban J connectivity index is 0.000000178. The summed E-state index contributed by atoms with van der Waals surface area (Å²) in [4.78, 5) is 15.2. The number of anilines is 1. The van der Waals surface area contributed by atoms with Crippen molar-refractivity contribution in [3.05, 3.63) is 39.5 Å². The van der Waals surface area contributed by atoms with Crippen LogP contribution in [0.3, 0.4) is 0 Å². The van der Waals surface area contributed by atoms with E-state index in [4.69, 9.17) is 9.92 Å². The number of amides is 1. The number of thiazole rings is 1. The first-order valence-electron chi connectivity index (χ1n) is 9.76. The lowest BCUT2D eigenvalue weighted by atomic mass is 9.98. The molecule has 0 saturated carbocycles. The standard InChI is InChI=1S/C14H17NO2.C6H11N3O2S2/c1-8(16)15-14-11-4-2-3-9(11)7-10-5-6-12(17)13(10)14;1-6(2,10)5-9-3-4(12-5)13(7,8)11/h7,12,17H,2-6H2,1H3,(H,15,16);3,10H,1-2H3,(H3,7,8,11). The molecule has 2 aliphatic carbocycles. The lowest BCUT2D eigenvalue weighted by molar-refractivity contribution is -0.114. The molecule has 2 aliphatic rings. The normalized spacial score (nSPS) is 19.3. The van der Waals surface area contributed by atoms with Gasteiger partial charge in [-0.05, 0) is 62.6 Å². The number of aromatic nitrogens is 1. The van der Waals surface area contributed by atoms with Crippen molar-refractivity contribution >= 4 is 32.8 Å². The van der Waals surface area contributed by atoms with Crippen LogP contribution in [0.2, 0.25) is 0 Å². The Morgan fingerprint density at radius 2 is 2.07 bits per heavy atom. The van der Waals surface area contributed by atoms with E-state index >= 15 is 0 Å². The van der Waals surface area contributed by atoms with Crippen LogP contribution in [0.15, 0.2) is 16.5 Å². The van der Waals surface area contributed by atoms with E-state index in [2.05, 4.69) is 16.4 Å². The molecule has 1 amide bonds. The van der Waals surface area contributed by atoms with E-state index in [-0.39, 0.29) is 10.1 Å². The smallest absolute Gasteiger partial charge is 0.221 e. The second-order valence-electron chi connectivity index (χ2n) is 8.20. The van der Waals surface area contributed by atoms with Crippen molar-refractivity contribution in [3.63, 3.8) is 0 Å². The number of nitrogens with one attached hydrogen (secondary N) is 2. The van der Waals surface area contributed by atoms with Crippen molar-refractivity contribution in [3.8, 4) is 0 Å². The van der Waals surface area contributed by atoms with Gasteiger partial charge < -0.3 is 15.5 Å². The average molecular weight is 453 g/mol. The van der Waals surface area contributed by atoms with E-state index in [1.54, 1.807) is 13.8 Å². The molecular formula is C20H28N4O4S2. The molecule has 1 aromatic heterocycles. The molecule has 1 aromatic carbocycles. The number of benzene rings is 1.